The largest absolute Gasteiger partial charge is 0.0967 e. The van der Waals surface area contributed by atoms with Crippen molar-refractivity contribution >= 4 is 11.3 Å². The zero-order chi connectivity index (χ0) is 5.11. The van der Waals surface area contributed by atoms with E-state index >= 15 is 0 Å². The van der Waals surface area contributed by atoms with E-state index in [4.69, 9.17) is 0 Å². The van der Waals surface area contributed by atoms with E-state index in [0.29, 0.717) is 0 Å². The molecule has 0 fully saturated rings. The zero-order valence-electron chi connectivity index (χ0n) is 3.94. The summed E-state index contributed by atoms with van der Waals surface area (Å²) >= 11 is -0.526. The normalized spacial score (nSPS) is 21.6. The van der Waals surface area contributed by atoms with Crippen molar-refractivity contribution in [2.24, 2.45) is 19.5 Å². The number of hydrogen-bond donors (Lipinski definition) is 1. The van der Waals surface area contributed by atoms with Gasteiger partial charge in [-0.3, -0.25) is 0 Å². The summed E-state index contributed by atoms with van der Waals surface area (Å²) < 4.78 is 7.42. The van der Waals surface area contributed by atoms with Gasteiger partial charge in [0.25, 0.3) is 0 Å². The number of rotatable bonds is 1. The maximum Gasteiger partial charge on any atom is 0.0123 e. The second kappa shape index (κ2) is 2.02. The van der Waals surface area contributed by atoms with Crippen molar-refractivity contribution in [1.82, 2.24) is 0 Å². The average molecular weight is 118 g/mol. The maximum absolute atomic E-state index is 3.71. The van der Waals surface area contributed by atoms with Crippen molar-refractivity contribution in [2.75, 3.05) is 5.75 Å². The molecule has 0 aromatic rings. The minimum Gasteiger partial charge on any atom is -0.0967 e. The highest BCUT2D eigenvalue weighted by molar-refractivity contribution is 8.14. The van der Waals surface area contributed by atoms with Crippen molar-refractivity contribution < 1.29 is 0 Å². The highest BCUT2D eigenvalue weighted by Gasteiger charge is 1.97. The quantitative estimate of drug-likeness (QED) is 0.509. The Balaban J connectivity index is 2.44. The molecule has 0 unspecified atom stereocenters. The molecule has 0 saturated carbocycles. The van der Waals surface area contributed by atoms with Crippen molar-refractivity contribution in [3.63, 3.8) is 0 Å². The predicted molar refractivity (Wildman–Crippen MR) is 29.2 cm³/mol. The van der Waals surface area contributed by atoms with Gasteiger partial charge in [-0.15, -0.1) is 0 Å². The summed E-state index contributed by atoms with van der Waals surface area (Å²) in [4.78, 5) is 0. The monoisotopic (exact) mass is 118 g/mol. The lowest BCUT2D eigenvalue weighted by Crippen LogP contribution is -1.66. The van der Waals surface area contributed by atoms with E-state index in [1.54, 1.807) is 0 Å². The number of hydrogen-bond acceptors (Lipinski definition) is 4. The van der Waals surface area contributed by atoms with Crippen LogP contribution in [0.3, 0.4) is 0 Å². The SMILES string of the molecule is CC[SH]1N=NN=N1. The van der Waals surface area contributed by atoms with Gasteiger partial charge in [0, 0.05) is 5.75 Å². The van der Waals surface area contributed by atoms with Gasteiger partial charge in [-0.25, -0.2) is 0 Å². The Morgan fingerprint density at radius 3 is 2.14 bits per heavy atom. The molecule has 0 aromatic heterocycles. The highest BCUT2D eigenvalue weighted by Crippen LogP contribution is 2.32. The predicted octanol–water partition coefficient (Wildman–Crippen LogP) is 1.67. The molecule has 1 heterocycles. The summed E-state index contributed by atoms with van der Waals surface area (Å²) in [6.45, 7) is 2.02. The molecule has 0 N–H and O–H groups in total. The van der Waals surface area contributed by atoms with Crippen LogP contribution < -0.4 is 0 Å². The first-order chi connectivity index (χ1) is 3.43. The molecule has 1 rings (SSSR count). The smallest absolute Gasteiger partial charge is 0.0123 e. The van der Waals surface area contributed by atoms with Crippen molar-refractivity contribution in [1.29, 1.82) is 0 Å². The first-order valence-electron chi connectivity index (χ1n) is 2.02. The van der Waals surface area contributed by atoms with Crippen LogP contribution in [0.4, 0.5) is 0 Å². The van der Waals surface area contributed by atoms with Crippen LogP contribution >= 0.6 is 11.3 Å². The second-order valence-electron chi connectivity index (χ2n) is 1.05. The van der Waals surface area contributed by atoms with E-state index in [-0.39, 0.29) is 0 Å². The molecule has 1 aliphatic rings. The molecular formula is C2H6N4S. The van der Waals surface area contributed by atoms with E-state index in [1.165, 1.54) is 0 Å². The third-order valence-corrected chi connectivity index (χ3v) is 1.75. The fourth-order valence-corrected chi connectivity index (χ4v) is 0.818. The van der Waals surface area contributed by atoms with Gasteiger partial charge in [0.2, 0.25) is 0 Å². The maximum atomic E-state index is 3.71. The summed E-state index contributed by atoms with van der Waals surface area (Å²) in [6, 6.07) is 0. The van der Waals surface area contributed by atoms with Crippen LogP contribution in [0, 0.1) is 0 Å². The van der Waals surface area contributed by atoms with E-state index in [0.717, 1.165) is 5.75 Å². The van der Waals surface area contributed by atoms with Gasteiger partial charge >= 0.3 is 0 Å². The first kappa shape index (κ1) is 4.70. The van der Waals surface area contributed by atoms with Crippen LogP contribution in [0.1, 0.15) is 6.92 Å². The Bertz CT molecular complexity index is 96.3. The van der Waals surface area contributed by atoms with Crippen molar-refractivity contribution in [3.8, 4) is 0 Å². The molecule has 0 amide bonds. The van der Waals surface area contributed by atoms with Crippen LogP contribution in [0.25, 0.3) is 0 Å². The van der Waals surface area contributed by atoms with E-state index < -0.39 is 11.3 Å². The summed E-state index contributed by atoms with van der Waals surface area (Å²) in [5.74, 6) is 0.961. The fraction of sp³-hybridized carbons (Fsp3) is 1.00. The van der Waals surface area contributed by atoms with Crippen LogP contribution in [0.5, 0.6) is 0 Å². The number of thiol groups is 1. The molecule has 0 bridgehead atoms. The van der Waals surface area contributed by atoms with Crippen LogP contribution in [-0.2, 0) is 0 Å². The topological polar surface area (TPSA) is 49.4 Å². The van der Waals surface area contributed by atoms with E-state index in [1.807, 2.05) is 6.92 Å². The van der Waals surface area contributed by atoms with Gasteiger partial charge in [0.1, 0.15) is 0 Å². The minimum atomic E-state index is -0.526. The van der Waals surface area contributed by atoms with Gasteiger partial charge in [-0.1, -0.05) is 16.0 Å². The lowest BCUT2D eigenvalue weighted by atomic mass is 11.0. The highest BCUT2D eigenvalue weighted by atomic mass is 32.2. The van der Waals surface area contributed by atoms with Gasteiger partial charge in [-0.2, -0.15) is 0 Å². The second-order valence-corrected chi connectivity index (χ2v) is 2.78. The Morgan fingerprint density at radius 1 is 1.29 bits per heavy atom. The fourth-order valence-electron chi connectivity index (χ4n) is 0.273. The van der Waals surface area contributed by atoms with E-state index in [2.05, 4.69) is 19.5 Å². The molecule has 4 nitrogen and oxygen atoms in total. The van der Waals surface area contributed by atoms with Gasteiger partial charge in [0.05, 0.1) is 0 Å². The lowest BCUT2D eigenvalue weighted by Gasteiger charge is -1.93. The molecule has 0 spiro atoms. The minimum absolute atomic E-state index is 0.526. The summed E-state index contributed by atoms with van der Waals surface area (Å²) in [7, 11) is 0. The summed E-state index contributed by atoms with van der Waals surface area (Å²) in [5, 5.41) is 6.70. The molecule has 0 radical (unpaired) electrons. The van der Waals surface area contributed by atoms with Gasteiger partial charge < -0.3 is 0 Å². The zero-order valence-corrected chi connectivity index (χ0v) is 4.84. The molecule has 7 heavy (non-hydrogen) atoms. The Kier molecular flexibility index (Phi) is 1.35. The van der Waals surface area contributed by atoms with E-state index in [9.17, 15) is 0 Å². The first-order valence-corrected chi connectivity index (χ1v) is 3.46. The van der Waals surface area contributed by atoms with Crippen molar-refractivity contribution in [2.45, 2.75) is 6.92 Å². The molecule has 0 aromatic carbocycles. The van der Waals surface area contributed by atoms with Gasteiger partial charge in [0.15, 0.2) is 0 Å². The summed E-state index contributed by atoms with van der Waals surface area (Å²) in [6.07, 6.45) is 0. The molecule has 1 aliphatic heterocycles. The standard InChI is InChI=1S/C2H6N4S/c1-2-7-5-3-4-6-7/h7H,2H2,1H3. The lowest BCUT2D eigenvalue weighted by molar-refractivity contribution is 1.06. The Labute approximate surface area is 44.3 Å². The molecular weight excluding hydrogens is 112 g/mol. The third kappa shape index (κ3) is 0.957. The van der Waals surface area contributed by atoms with Crippen LogP contribution in [0.15, 0.2) is 19.5 Å². The molecule has 0 atom stereocenters. The van der Waals surface area contributed by atoms with Crippen molar-refractivity contribution in [3.05, 3.63) is 0 Å². The average Bonchev–Trinajstić information content (AvgIpc) is 2.14. The Hall–Kier alpha value is -0.450. The third-order valence-electron chi connectivity index (χ3n) is 0.609. The Morgan fingerprint density at radius 2 is 1.86 bits per heavy atom. The van der Waals surface area contributed by atoms with Gasteiger partial charge in [-0.05, 0) is 21.7 Å². The molecule has 40 valence electrons. The molecule has 5 heteroatoms. The molecule has 0 aliphatic carbocycles. The van der Waals surface area contributed by atoms with Crippen LogP contribution in [-0.4, -0.2) is 5.75 Å². The number of nitrogens with zero attached hydrogens (tertiary/aromatic N) is 4. The molecule has 0 saturated heterocycles. The summed E-state index contributed by atoms with van der Waals surface area (Å²) in [5.41, 5.74) is 0. The van der Waals surface area contributed by atoms with Crippen LogP contribution in [0.2, 0.25) is 0 Å².